The summed E-state index contributed by atoms with van der Waals surface area (Å²) >= 11 is 0. The Morgan fingerprint density at radius 3 is 2.83 bits per heavy atom. The summed E-state index contributed by atoms with van der Waals surface area (Å²) in [6.07, 6.45) is 1.85. The van der Waals surface area contributed by atoms with Crippen molar-refractivity contribution in [2.75, 3.05) is 11.9 Å². The van der Waals surface area contributed by atoms with Crippen LogP contribution >= 0.6 is 0 Å². The van der Waals surface area contributed by atoms with E-state index in [1.54, 1.807) is 11.1 Å². The van der Waals surface area contributed by atoms with Crippen molar-refractivity contribution >= 4 is 35.3 Å². The van der Waals surface area contributed by atoms with Crippen LogP contribution in [0.5, 0.6) is 0 Å². The third-order valence-electron chi connectivity index (χ3n) is 4.61. The minimum Gasteiger partial charge on any atom is -0.483 e. The predicted octanol–water partition coefficient (Wildman–Crippen LogP) is 1.92. The van der Waals surface area contributed by atoms with Crippen molar-refractivity contribution in [1.29, 1.82) is 0 Å². The third kappa shape index (κ3) is 4.77. The summed E-state index contributed by atoms with van der Waals surface area (Å²) in [5.74, 6) is 0.149. The van der Waals surface area contributed by atoms with Crippen LogP contribution < -0.4 is 5.32 Å². The molecule has 10 nitrogen and oxygen atoms in total. The molecule has 3 aromatic heterocycles. The van der Waals surface area contributed by atoms with Crippen LogP contribution in [-0.4, -0.2) is 49.8 Å². The topological polar surface area (TPSA) is 139 Å². The van der Waals surface area contributed by atoms with E-state index in [2.05, 4.69) is 20.3 Å². The Bertz CT molecular complexity index is 1070. The summed E-state index contributed by atoms with van der Waals surface area (Å²) in [7, 11) is 0. The largest absolute Gasteiger partial charge is 0.483 e. The van der Waals surface area contributed by atoms with Gasteiger partial charge in [0.1, 0.15) is 5.76 Å². The number of carboxylic acid groups (broad SMARTS) is 1. The molecule has 4 heterocycles. The number of rotatable bonds is 4. The molecule has 1 aliphatic heterocycles. The third-order valence-corrected chi connectivity index (χ3v) is 4.61. The number of nitrogens with zero attached hydrogens (tertiary/aromatic N) is 4. The lowest BCUT2D eigenvalue weighted by molar-refractivity contribution is -0.128. The van der Waals surface area contributed by atoms with Gasteiger partial charge in [0.25, 0.3) is 6.47 Å². The maximum absolute atomic E-state index is 12.6. The number of hydrogen-bond acceptors (Lipinski definition) is 7. The average molecular weight is 411 g/mol. The van der Waals surface area contributed by atoms with Gasteiger partial charge < -0.3 is 14.4 Å². The van der Waals surface area contributed by atoms with Gasteiger partial charge in [-0.2, -0.15) is 4.98 Å². The van der Waals surface area contributed by atoms with Gasteiger partial charge in [-0.1, -0.05) is 6.07 Å². The van der Waals surface area contributed by atoms with Crippen molar-refractivity contribution in [2.24, 2.45) is 5.92 Å². The fourth-order valence-electron chi connectivity index (χ4n) is 3.24. The normalized spacial score (nSPS) is 15.6. The molecular weight excluding hydrogens is 390 g/mol. The summed E-state index contributed by atoms with van der Waals surface area (Å²) in [6.45, 7) is 4.17. The lowest BCUT2D eigenvalue weighted by Crippen LogP contribution is -2.28. The fourth-order valence-corrected chi connectivity index (χ4v) is 3.24. The number of furan rings is 1. The number of hydrogen-bond donors (Lipinski definition) is 2. The highest BCUT2D eigenvalue weighted by molar-refractivity contribution is 5.96. The first kappa shape index (κ1) is 20.9. The lowest BCUT2D eigenvalue weighted by atomic mass is 10.1. The maximum Gasteiger partial charge on any atom is 0.290 e. The molecule has 30 heavy (non-hydrogen) atoms. The Morgan fingerprint density at radius 2 is 2.13 bits per heavy atom. The van der Waals surface area contributed by atoms with E-state index in [0.29, 0.717) is 18.8 Å². The molecule has 1 fully saturated rings. The number of aromatic nitrogens is 3. The van der Waals surface area contributed by atoms with Gasteiger partial charge in [-0.3, -0.25) is 24.7 Å². The molecule has 0 radical (unpaired) electrons. The lowest BCUT2D eigenvalue weighted by Gasteiger charge is -2.15. The number of nitrogens with one attached hydrogen (secondary N) is 1. The maximum atomic E-state index is 12.6. The van der Waals surface area contributed by atoms with Crippen LogP contribution in [0, 0.1) is 19.8 Å². The zero-order valence-electron chi connectivity index (χ0n) is 16.5. The van der Waals surface area contributed by atoms with E-state index >= 15 is 0 Å². The molecule has 1 aliphatic rings. The summed E-state index contributed by atoms with van der Waals surface area (Å²) in [5.41, 5.74) is 1.96. The molecule has 1 atom stereocenters. The van der Waals surface area contributed by atoms with Gasteiger partial charge in [0, 0.05) is 19.2 Å². The van der Waals surface area contributed by atoms with Crippen LogP contribution in [0.2, 0.25) is 0 Å². The van der Waals surface area contributed by atoms with Gasteiger partial charge in [0.2, 0.25) is 23.5 Å². The molecular formula is C20H21N5O5. The first-order valence-electron chi connectivity index (χ1n) is 9.22. The van der Waals surface area contributed by atoms with Crippen LogP contribution in [0.25, 0.3) is 11.1 Å². The zero-order valence-corrected chi connectivity index (χ0v) is 16.5. The van der Waals surface area contributed by atoms with E-state index in [0.717, 1.165) is 22.5 Å². The molecule has 10 heteroatoms. The number of likely N-dealkylation sites (tertiary alicyclic amines) is 1. The molecule has 4 rings (SSSR count). The van der Waals surface area contributed by atoms with Crippen molar-refractivity contribution in [3.05, 3.63) is 47.6 Å². The van der Waals surface area contributed by atoms with E-state index in [9.17, 15) is 9.59 Å². The van der Waals surface area contributed by atoms with Crippen molar-refractivity contribution in [3.8, 4) is 0 Å². The standard InChI is InChI=1S/C19H19N5O3.CH2O2/c1-11-7-15-12(2)21-19(23-18(15)27-11)22-17(26)13-8-16(25)24(9-13)10-14-5-3-4-6-20-14;2-1-3/h3-7,13H,8-10H2,1-2H3,(H,21,22,23,26);1H,(H,2,3). The van der Waals surface area contributed by atoms with Crippen LogP contribution in [0.3, 0.4) is 0 Å². The Labute approximate surface area is 171 Å². The second kappa shape index (κ2) is 9.12. The van der Waals surface area contributed by atoms with E-state index in [1.165, 1.54) is 0 Å². The molecule has 0 aliphatic carbocycles. The number of aryl methyl sites for hydroxylation is 2. The van der Waals surface area contributed by atoms with Gasteiger partial charge in [-0.15, -0.1) is 0 Å². The van der Waals surface area contributed by atoms with Crippen LogP contribution in [0.15, 0.2) is 34.9 Å². The van der Waals surface area contributed by atoms with Crippen molar-refractivity contribution in [3.63, 3.8) is 0 Å². The zero-order chi connectivity index (χ0) is 21.7. The van der Waals surface area contributed by atoms with Crippen LogP contribution in [-0.2, 0) is 20.9 Å². The molecule has 0 saturated carbocycles. The number of pyridine rings is 1. The molecule has 0 bridgehead atoms. The Morgan fingerprint density at radius 1 is 1.37 bits per heavy atom. The number of anilines is 1. The smallest absolute Gasteiger partial charge is 0.290 e. The number of amides is 2. The van der Waals surface area contributed by atoms with Crippen molar-refractivity contribution < 1.29 is 23.9 Å². The second-order valence-corrected chi connectivity index (χ2v) is 6.80. The molecule has 2 N–H and O–H groups in total. The molecule has 0 aromatic carbocycles. The average Bonchev–Trinajstić information content (AvgIpc) is 3.26. The Balaban J connectivity index is 0.000000806. The van der Waals surface area contributed by atoms with Crippen LogP contribution in [0.1, 0.15) is 23.6 Å². The van der Waals surface area contributed by atoms with E-state index in [4.69, 9.17) is 14.3 Å². The highest BCUT2D eigenvalue weighted by Gasteiger charge is 2.34. The highest BCUT2D eigenvalue weighted by atomic mass is 16.3. The summed E-state index contributed by atoms with van der Waals surface area (Å²) in [6, 6.07) is 7.42. The first-order chi connectivity index (χ1) is 14.4. The molecule has 0 spiro atoms. The number of carbonyl (C=O) groups excluding carboxylic acids is 2. The summed E-state index contributed by atoms with van der Waals surface area (Å²) < 4.78 is 5.53. The van der Waals surface area contributed by atoms with Crippen molar-refractivity contribution in [1.82, 2.24) is 19.9 Å². The summed E-state index contributed by atoms with van der Waals surface area (Å²) in [4.78, 5) is 47.7. The van der Waals surface area contributed by atoms with Gasteiger partial charge >= 0.3 is 0 Å². The van der Waals surface area contributed by atoms with E-state index in [1.807, 2.05) is 38.1 Å². The first-order valence-corrected chi connectivity index (χ1v) is 9.22. The highest BCUT2D eigenvalue weighted by Crippen LogP contribution is 2.23. The monoisotopic (exact) mass is 411 g/mol. The van der Waals surface area contributed by atoms with Gasteiger partial charge in [-0.25, -0.2) is 4.98 Å². The molecule has 3 aromatic rings. The van der Waals surface area contributed by atoms with Gasteiger partial charge in [-0.05, 0) is 32.0 Å². The number of fused-ring (bicyclic) bond motifs is 1. The van der Waals surface area contributed by atoms with Gasteiger partial charge in [0.05, 0.1) is 29.2 Å². The molecule has 156 valence electrons. The Kier molecular flexibility index (Phi) is 6.35. The quantitative estimate of drug-likeness (QED) is 0.621. The van der Waals surface area contributed by atoms with Crippen LogP contribution in [0.4, 0.5) is 5.95 Å². The minimum atomic E-state index is -0.445. The second-order valence-electron chi connectivity index (χ2n) is 6.80. The SMILES string of the molecule is Cc1cc2c(C)nc(NC(=O)C3CC(=O)N(Cc4ccccn4)C3)nc2o1.O=CO. The minimum absolute atomic E-state index is 0.0602. The predicted molar refractivity (Wildman–Crippen MR) is 106 cm³/mol. The van der Waals surface area contributed by atoms with Crippen molar-refractivity contribution in [2.45, 2.75) is 26.8 Å². The fraction of sp³-hybridized carbons (Fsp3) is 0.300. The number of carbonyl (C=O) groups is 3. The molecule has 1 unspecified atom stereocenters. The van der Waals surface area contributed by atoms with E-state index < -0.39 is 5.92 Å². The summed E-state index contributed by atoms with van der Waals surface area (Å²) in [5, 5.41) is 10.4. The molecule has 1 saturated heterocycles. The molecule has 2 amide bonds. The van der Waals surface area contributed by atoms with Gasteiger partial charge in [0.15, 0.2) is 0 Å². The Hall–Kier alpha value is -3.82. The van der Waals surface area contributed by atoms with E-state index in [-0.39, 0.29) is 30.7 Å².